The first-order valence-corrected chi connectivity index (χ1v) is 12.8. The molecule has 3 aromatic rings. The minimum atomic E-state index is -1.35. The third-order valence-corrected chi connectivity index (χ3v) is 9.08. The number of carbonyl (C=O) groups is 2. The third kappa shape index (κ3) is 3.00. The molecule has 1 amide bonds. The van der Waals surface area contributed by atoms with E-state index in [-0.39, 0.29) is 23.6 Å². The van der Waals surface area contributed by atoms with Gasteiger partial charge in [-0.05, 0) is 24.6 Å². The molecule has 0 bridgehead atoms. The highest BCUT2D eigenvalue weighted by Crippen LogP contribution is 2.51. The van der Waals surface area contributed by atoms with Gasteiger partial charge in [-0.2, -0.15) is 4.40 Å². The van der Waals surface area contributed by atoms with Gasteiger partial charge < -0.3 is 19.9 Å². The molecule has 3 aromatic heterocycles. The van der Waals surface area contributed by atoms with E-state index in [1.807, 2.05) is 36.2 Å². The van der Waals surface area contributed by atoms with Crippen molar-refractivity contribution in [3.05, 3.63) is 45.5 Å². The zero-order chi connectivity index (χ0) is 22.0. The standard InChI is InChI=1S/C21H21N3O4S3/c1-10-14(17(21(27)28)24-16(10)15(11(2)25)18(24)26)13-8-23-9-22(7-12-5-4-6-30-12)19(29-3)20(23)31-13/h4-6,8-11,15-16,25H,7H2,1-3H3/t10-,11+,15+,16+/m0/s1. The Morgan fingerprint density at radius 3 is 2.84 bits per heavy atom. The molecule has 0 unspecified atom stereocenters. The smallest absolute Gasteiger partial charge is 0.250 e. The van der Waals surface area contributed by atoms with Crippen molar-refractivity contribution in [3.8, 4) is 0 Å². The lowest BCUT2D eigenvalue weighted by Crippen LogP contribution is -2.64. The summed E-state index contributed by atoms with van der Waals surface area (Å²) in [5, 5.41) is 25.2. The van der Waals surface area contributed by atoms with Gasteiger partial charge in [-0.25, -0.2) is 4.57 Å². The van der Waals surface area contributed by atoms with E-state index in [1.54, 1.807) is 30.0 Å². The van der Waals surface area contributed by atoms with Gasteiger partial charge in [0.2, 0.25) is 15.8 Å². The maximum atomic E-state index is 12.6. The largest absolute Gasteiger partial charge is 0.543 e. The Kier molecular flexibility index (Phi) is 5.00. The molecule has 5 heterocycles. The average molecular weight is 476 g/mol. The molecular formula is C21H21N3O4S3. The number of carboxylic acid groups (broad SMARTS) is 1. The van der Waals surface area contributed by atoms with E-state index in [2.05, 4.69) is 16.0 Å². The van der Waals surface area contributed by atoms with E-state index in [1.165, 1.54) is 21.1 Å². The third-order valence-electron chi connectivity index (χ3n) is 6.14. The van der Waals surface area contributed by atoms with Crippen LogP contribution in [0.5, 0.6) is 0 Å². The van der Waals surface area contributed by atoms with E-state index in [9.17, 15) is 19.8 Å². The molecule has 7 nitrogen and oxygen atoms in total. The normalized spacial score (nSPS) is 24.1. The lowest BCUT2D eigenvalue weighted by molar-refractivity contribution is -0.721. The number of carboxylic acids is 1. The number of thiazole rings is 1. The number of nitrogens with zero attached hydrogens (tertiary/aromatic N) is 3. The molecule has 0 spiro atoms. The Hall–Kier alpha value is -2.14. The maximum absolute atomic E-state index is 12.6. The summed E-state index contributed by atoms with van der Waals surface area (Å²) in [6.45, 7) is 4.28. The van der Waals surface area contributed by atoms with Gasteiger partial charge in [0.25, 0.3) is 6.33 Å². The fraction of sp³-hybridized carbons (Fsp3) is 0.381. The van der Waals surface area contributed by atoms with Crippen LogP contribution in [-0.2, 0) is 16.1 Å². The Labute approximate surface area is 191 Å². The number of aliphatic hydroxyl groups excluding tert-OH is 1. The van der Waals surface area contributed by atoms with Gasteiger partial charge in [-0.1, -0.05) is 36.1 Å². The van der Waals surface area contributed by atoms with Crippen LogP contribution in [0.15, 0.2) is 40.8 Å². The number of thiophene rings is 1. The second-order valence-corrected chi connectivity index (χ2v) is 10.8. The number of thioether (sulfide) groups is 1. The predicted octanol–water partition coefficient (Wildman–Crippen LogP) is 1.44. The van der Waals surface area contributed by atoms with Crippen LogP contribution in [0.4, 0.5) is 0 Å². The van der Waals surface area contributed by atoms with Crippen LogP contribution in [0.2, 0.25) is 0 Å². The first kappa shape index (κ1) is 20.7. The van der Waals surface area contributed by atoms with Crippen LogP contribution < -0.4 is 9.67 Å². The number of β-lactam (4-membered cyclic amide) rings is 1. The van der Waals surface area contributed by atoms with Gasteiger partial charge in [-0.15, -0.1) is 11.3 Å². The highest BCUT2D eigenvalue weighted by atomic mass is 32.2. The van der Waals surface area contributed by atoms with Crippen LogP contribution in [-0.4, -0.2) is 44.7 Å². The van der Waals surface area contributed by atoms with Crippen molar-refractivity contribution < 1.29 is 24.4 Å². The first-order chi connectivity index (χ1) is 14.8. The lowest BCUT2D eigenvalue weighted by atomic mass is 9.77. The number of aliphatic hydroxyl groups is 1. The van der Waals surface area contributed by atoms with Crippen molar-refractivity contribution in [2.75, 3.05) is 6.26 Å². The maximum Gasteiger partial charge on any atom is 0.250 e. The Morgan fingerprint density at radius 2 is 2.23 bits per heavy atom. The topological polar surface area (TPSA) is 89.0 Å². The first-order valence-electron chi connectivity index (χ1n) is 9.90. The van der Waals surface area contributed by atoms with Crippen LogP contribution in [0.1, 0.15) is 23.6 Å². The summed E-state index contributed by atoms with van der Waals surface area (Å²) in [5.41, 5.74) is 0.563. The number of fused-ring (bicyclic) bond motifs is 2. The molecule has 0 aromatic carbocycles. The molecule has 5 rings (SSSR count). The highest BCUT2D eigenvalue weighted by Gasteiger charge is 2.59. The molecule has 10 heteroatoms. The lowest BCUT2D eigenvalue weighted by Gasteiger charge is -2.47. The van der Waals surface area contributed by atoms with Crippen LogP contribution in [0, 0.1) is 11.8 Å². The number of hydrogen-bond donors (Lipinski definition) is 1. The van der Waals surface area contributed by atoms with Gasteiger partial charge >= 0.3 is 0 Å². The number of imidazole rings is 1. The van der Waals surface area contributed by atoms with E-state index < -0.39 is 18.0 Å². The van der Waals surface area contributed by atoms with Crippen molar-refractivity contribution in [2.45, 2.75) is 37.6 Å². The SMILES string of the molecule is CSc1c2sc(C3=C(C(=O)[O-])N4C(=O)[C@H]([C@@H](C)O)[C@H]4[C@H]3C)cn2c[n+]1Cc1cccs1. The van der Waals surface area contributed by atoms with E-state index in [4.69, 9.17) is 0 Å². The molecule has 4 atom stereocenters. The molecule has 1 N–H and O–H groups in total. The molecule has 0 aliphatic carbocycles. The summed E-state index contributed by atoms with van der Waals surface area (Å²) >= 11 is 4.89. The molecule has 0 saturated carbocycles. The summed E-state index contributed by atoms with van der Waals surface area (Å²) in [6, 6.07) is 3.80. The summed E-state index contributed by atoms with van der Waals surface area (Å²) < 4.78 is 4.22. The van der Waals surface area contributed by atoms with Gasteiger partial charge in [-0.3, -0.25) is 4.79 Å². The van der Waals surface area contributed by atoms with Crippen molar-refractivity contribution in [2.24, 2.45) is 11.8 Å². The molecule has 0 radical (unpaired) electrons. The number of aliphatic carboxylic acids is 1. The van der Waals surface area contributed by atoms with Crippen LogP contribution in [0.3, 0.4) is 0 Å². The number of hydrogen-bond acceptors (Lipinski definition) is 7. The number of aromatic nitrogens is 2. The van der Waals surface area contributed by atoms with Gasteiger partial charge in [0.15, 0.2) is 0 Å². The van der Waals surface area contributed by atoms with Gasteiger partial charge in [0.05, 0.1) is 34.6 Å². The van der Waals surface area contributed by atoms with Gasteiger partial charge in [0.1, 0.15) is 12.7 Å². The van der Waals surface area contributed by atoms with E-state index in [0.29, 0.717) is 5.57 Å². The Bertz CT molecular complexity index is 1220. The molecule has 2 aliphatic rings. The summed E-state index contributed by atoms with van der Waals surface area (Å²) in [4.78, 5) is 29.0. The molecular weight excluding hydrogens is 454 g/mol. The minimum Gasteiger partial charge on any atom is -0.543 e. The van der Waals surface area contributed by atoms with Crippen molar-refractivity contribution in [1.82, 2.24) is 9.30 Å². The minimum absolute atomic E-state index is 0.0546. The zero-order valence-corrected chi connectivity index (χ0v) is 19.6. The van der Waals surface area contributed by atoms with E-state index in [0.717, 1.165) is 21.3 Å². The van der Waals surface area contributed by atoms with Crippen molar-refractivity contribution in [3.63, 3.8) is 0 Å². The monoisotopic (exact) mass is 475 g/mol. The number of carbonyl (C=O) groups excluding carboxylic acids is 2. The molecule has 1 saturated heterocycles. The summed E-state index contributed by atoms with van der Waals surface area (Å²) in [7, 11) is 0. The Balaban J connectivity index is 1.58. The summed E-state index contributed by atoms with van der Waals surface area (Å²) in [6.07, 6.45) is 5.17. The van der Waals surface area contributed by atoms with Crippen LogP contribution in [0.25, 0.3) is 10.4 Å². The highest BCUT2D eigenvalue weighted by molar-refractivity contribution is 7.98. The Morgan fingerprint density at radius 1 is 1.45 bits per heavy atom. The average Bonchev–Trinajstić information content (AvgIpc) is 3.44. The summed E-state index contributed by atoms with van der Waals surface area (Å²) in [5.74, 6) is -2.48. The van der Waals surface area contributed by atoms with Crippen molar-refractivity contribution in [1.29, 1.82) is 0 Å². The molecule has 31 heavy (non-hydrogen) atoms. The number of amides is 1. The van der Waals surface area contributed by atoms with Gasteiger partial charge in [0, 0.05) is 16.4 Å². The van der Waals surface area contributed by atoms with Crippen LogP contribution >= 0.6 is 34.4 Å². The fourth-order valence-electron chi connectivity index (χ4n) is 4.83. The van der Waals surface area contributed by atoms with E-state index >= 15 is 0 Å². The second-order valence-electron chi connectivity index (χ2n) is 7.94. The number of rotatable bonds is 6. The quantitative estimate of drug-likeness (QED) is 0.331. The fourth-order valence-corrected chi connectivity index (χ4v) is 7.71. The predicted molar refractivity (Wildman–Crippen MR) is 118 cm³/mol. The second kappa shape index (κ2) is 7.47. The molecule has 1 fully saturated rings. The molecule has 2 aliphatic heterocycles. The molecule has 162 valence electrons. The van der Waals surface area contributed by atoms with Crippen molar-refractivity contribution >= 4 is 56.7 Å². The zero-order valence-electron chi connectivity index (χ0n) is 17.1.